The zero-order valence-corrected chi connectivity index (χ0v) is 33.1. The number of nitrogens with one attached hydrogen (secondary N) is 2. The molecule has 2 aromatic rings. The Morgan fingerprint density at radius 2 is 1.75 bits per heavy atom. The summed E-state index contributed by atoms with van der Waals surface area (Å²) < 4.78 is 61.9. The maximum Gasteiger partial charge on any atom is 0.481 e. The molecule has 8 atom stereocenters. The third-order valence-electron chi connectivity index (χ3n) is 7.35. The Balaban J connectivity index is 1.49. The van der Waals surface area contributed by atoms with Gasteiger partial charge in [0.1, 0.15) is 36.3 Å². The second kappa shape index (κ2) is 20.0. The van der Waals surface area contributed by atoms with Gasteiger partial charge in [0.25, 0.3) is 0 Å². The van der Waals surface area contributed by atoms with Gasteiger partial charge in [0.05, 0.1) is 25.6 Å². The number of fused-ring (bicyclic) bond motifs is 1. The van der Waals surface area contributed by atoms with Crippen molar-refractivity contribution in [3.05, 3.63) is 12.7 Å². The Kier molecular flexibility index (Phi) is 17.1. The van der Waals surface area contributed by atoms with Gasteiger partial charge in [0.15, 0.2) is 22.8 Å². The molecule has 25 nitrogen and oxygen atoms in total. The number of hydrogen-bond donors (Lipinski definition) is 10. The van der Waals surface area contributed by atoms with E-state index >= 15 is 0 Å². The summed E-state index contributed by atoms with van der Waals surface area (Å²) in [5.74, 6) is -1.41. The molecular weight excluding hydrogens is 847 g/mol. The van der Waals surface area contributed by atoms with E-state index < -0.39 is 90.7 Å². The molecule has 11 N–H and O–H groups in total. The monoisotopic (exact) mass is 887 g/mol. The van der Waals surface area contributed by atoms with Crippen molar-refractivity contribution in [1.29, 1.82) is 0 Å². The van der Waals surface area contributed by atoms with Crippen molar-refractivity contribution < 1.29 is 85.6 Å². The van der Waals surface area contributed by atoms with Crippen LogP contribution >= 0.6 is 46.8 Å². The molecule has 2 aromatic heterocycles. The van der Waals surface area contributed by atoms with Gasteiger partial charge in [0.2, 0.25) is 11.8 Å². The molecule has 30 heteroatoms. The molecule has 312 valence electrons. The van der Waals surface area contributed by atoms with Gasteiger partial charge in [-0.1, -0.05) is 25.6 Å². The molecule has 1 saturated heterocycles. The number of aliphatic hydroxyl groups excluding tert-OH is 3. The lowest BCUT2D eigenvalue weighted by Gasteiger charge is -2.30. The molecule has 3 heterocycles. The van der Waals surface area contributed by atoms with Crippen LogP contribution in [0.5, 0.6) is 0 Å². The van der Waals surface area contributed by atoms with Crippen molar-refractivity contribution in [1.82, 2.24) is 30.2 Å². The van der Waals surface area contributed by atoms with Crippen LogP contribution in [0.1, 0.15) is 32.9 Å². The van der Waals surface area contributed by atoms with Crippen LogP contribution in [-0.2, 0) is 50.7 Å². The van der Waals surface area contributed by atoms with E-state index in [9.17, 15) is 63.0 Å². The normalized spacial score (nSPS) is 22.4. The number of nitrogens with two attached hydrogens (primary N) is 1. The molecule has 0 saturated carbocycles. The molecule has 2 amide bonds. The zero-order chi connectivity index (χ0) is 41.4. The number of phosphoric ester groups is 3. The van der Waals surface area contributed by atoms with Gasteiger partial charge in [-0.05, 0) is 0 Å². The number of alkyl halides is 1. The summed E-state index contributed by atoms with van der Waals surface area (Å²) >= 11 is 6.33. The van der Waals surface area contributed by atoms with E-state index in [1.807, 2.05) is 0 Å². The minimum atomic E-state index is -5.58. The van der Waals surface area contributed by atoms with Crippen LogP contribution < -0.4 is 16.4 Å². The second-order valence-electron chi connectivity index (χ2n) is 12.3. The smallest absolute Gasteiger partial charge is 0.391 e. The molecule has 0 spiro atoms. The highest BCUT2D eigenvalue weighted by Crippen LogP contribution is 2.61. The van der Waals surface area contributed by atoms with Crippen molar-refractivity contribution >= 4 is 80.7 Å². The number of thioether (sulfide) groups is 1. The van der Waals surface area contributed by atoms with E-state index in [2.05, 4.69) is 34.4 Å². The fraction of sp³-hybridized carbons (Fsp3) is 0.680. The first-order valence-corrected chi connectivity index (χ1v) is 21.8. The van der Waals surface area contributed by atoms with Gasteiger partial charge >= 0.3 is 23.5 Å². The molecule has 0 bridgehead atoms. The van der Waals surface area contributed by atoms with Crippen LogP contribution in [-0.4, -0.2) is 140 Å². The third-order valence-corrected chi connectivity index (χ3v) is 11.7. The van der Waals surface area contributed by atoms with E-state index in [-0.39, 0.29) is 59.7 Å². The van der Waals surface area contributed by atoms with Crippen LogP contribution in [0.3, 0.4) is 0 Å². The Morgan fingerprint density at radius 3 is 2.40 bits per heavy atom. The molecule has 1 fully saturated rings. The van der Waals surface area contributed by atoms with Crippen molar-refractivity contribution in [2.24, 2.45) is 5.41 Å². The number of nitrogens with zero attached hydrogens (tertiary/aromatic N) is 4. The summed E-state index contributed by atoms with van der Waals surface area (Å²) in [4.78, 5) is 87.0. The van der Waals surface area contributed by atoms with Gasteiger partial charge in [-0.25, -0.2) is 28.6 Å². The molecular formula is C25H41ClN7O18P3S. The number of rotatable bonds is 22. The summed E-state index contributed by atoms with van der Waals surface area (Å²) in [5, 5.41) is 35.3. The fourth-order valence-electron chi connectivity index (χ4n) is 4.60. The highest BCUT2D eigenvalue weighted by molar-refractivity contribution is 8.13. The van der Waals surface area contributed by atoms with Gasteiger partial charge < -0.3 is 56.0 Å². The Bertz CT molecular complexity index is 1810. The van der Waals surface area contributed by atoms with Crippen LogP contribution in [0.4, 0.5) is 5.82 Å². The number of hydrogen-bond acceptors (Lipinski definition) is 19. The Labute approximate surface area is 321 Å². The van der Waals surface area contributed by atoms with Crippen LogP contribution in [0.25, 0.3) is 11.2 Å². The molecule has 0 aliphatic carbocycles. The van der Waals surface area contributed by atoms with Gasteiger partial charge in [-0.3, -0.25) is 32.5 Å². The molecule has 1 aliphatic heterocycles. The van der Waals surface area contributed by atoms with Crippen molar-refractivity contribution in [2.75, 3.05) is 43.7 Å². The zero-order valence-electron chi connectivity index (χ0n) is 28.9. The van der Waals surface area contributed by atoms with Crippen molar-refractivity contribution in [3.8, 4) is 0 Å². The van der Waals surface area contributed by atoms with Gasteiger partial charge in [0, 0.05) is 43.0 Å². The van der Waals surface area contributed by atoms with Gasteiger partial charge in [-0.2, -0.15) is 4.31 Å². The average molecular weight is 888 g/mol. The number of imidazole rings is 1. The average Bonchev–Trinajstić information content (AvgIpc) is 3.64. The first-order valence-electron chi connectivity index (χ1n) is 15.7. The molecule has 3 rings (SSSR count). The van der Waals surface area contributed by atoms with E-state index in [0.717, 1.165) is 29.0 Å². The van der Waals surface area contributed by atoms with Crippen molar-refractivity contribution in [2.45, 2.75) is 63.4 Å². The lowest BCUT2D eigenvalue weighted by Crippen LogP contribution is -2.46. The predicted octanol–water partition coefficient (Wildman–Crippen LogP) is -1.35. The number of anilines is 1. The van der Waals surface area contributed by atoms with Crippen molar-refractivity contribution in [3.63, 3.8) is 0 Å². The quantitative estimate of drug-likeness (QED) is 0.0371. The summed E-state index contributed by atoms with van der Waals surface area (Å²) in [5.41, 5.74) is 4.22. The lowest BCUT2D eigenvalue weighted by atomic mass is 9.87. The summed E-state index contributed by atoms with van der Waals surface area (Å²) in [6.45, 7) is 0.296. The number of carbonyl (C=O) groups is 3. The highest BCUT2D eigenvalue weighted by atomic mass is 35.5. The third kappa shape index (κ3) is 14.6. The summed E-state index contributed by atoms with van der Waals surface area (Å²) in [6.07, 6.45) is -8.13. The number of aliphatic hydroxyl groups is 3. The number of nitrogen functional groups attached to an aromatic ring is 1. The molecule has 55 heavy (non-hydrogen) atoms. The number of amides is 2. The summed E-state index contributed by atoms with van der Waals surface area (Å²) in [6, 6.07) is 0. The molecule has 1 aliphatic rings. The number of phosphoric acid groups is 3. The van der Waals surface area contributed by atoms with E-state index in [1.54, 1.807) is 0 Å². The first-order chi connectivity index (χ1) is 25.4. The standard InChI is InChI=1S/C25H41ClN7O18P3S/c1-25(2,20(38)23(39)29-4-3-15(35)28-5-6-55-16(36)7-13(34)8-26)10-48-54(45,46)51-53(43,44)47-9-14-19(50-52(40,41)42)18(37)24(49-14)33-12-32-17-21(27)30-11-31-22(17)33/h11-14,18-20,24,34,37-38H,3-10H2,1-2H3,(H,28,35)(H,29,39)(H,43,44)(H,45,46)(H2,27,30,31)(H2,40,41,42)/t13-,14+,18+,19+,20-,24+/m0/s1. The number of halogens is 1. The SMILES string of the molecule is CC(C)(COP(=O)(O)OP(=O)(O)OC[C@H]1O[C@@H](n2cnc3c(N)ncnc32)[C@H](O)[C@@H]1OP(=O)(O)O)[C@@H](O)C(=O)NCCC(=O)NCCSC(=O)C[C@H](O)CCl. The topological polar surface area (TPSA) is 384 Å². The summed E-state index contributed by atoms with van der Waals surface area (Å²) in [7, 11) is -16.4. The Hall–Kier alpha value is -2.19. The molecule has 0 radical (unpaired) electrons. The van der Waals surface area contributed by atoms with E-state index in [4.69, 9.17) is 31.1 Å². The van der Waals surface area contributed by atoms with E-state index in [1.165, 1.54) is 13.8 Å². The number of carbonyl (C=O) groups excluding carboxylic acids is 3. The highest BCUT2D eigenvalue weighted by Gasteiger charge is 2.50. The molecule has 2 unspecified atom stereocenters. The molecule has 0 aromatic carbocycles. The van der Waals surface area contributed by atoms with Crippen LogP contribution in [0, 0.1) is 5.41 Å². The number of ether oxygens (including phenoxy) is 1. The number of aromatic nitrogens is 4. The maximum atomic E-state index is 12.6. The Morgan fingerprint density at radius 1 is 1.07 bits per heavy atom. The predicted molar refractivity (Wildman–Crippen MR) is 188 cm³/mol. The lowest BCUT2D eigenvalue weighted by molar-refractivity contribution is -0.137. The maximum absolute atomic E-state index is 12.6. The first kappa shape index (κ1) is 47.2. The van der Waals surface area contributed by atoms with Crippen LogP contribution in [0.15, 0.2) is 12.7 Å². The van der Waals surface area contributed by atoms with E-state index in [0.29, 0.717) is 0 Å². The fourth-order valence-corrected chi connectivity index (χ4v) is 8.28. The minimum absolute atomic E-state index is 0.0234. The largest absolute Gasteiger partial charge is 0.481 e. The second-order valence-corrected chi connectivity index (χ2v) is 18.0. The van der Waals surface area contributed by atoms with Gasteiger partial charge in [-0.15, -0.1) is 11.6 Å². The minimum Gasteiger partial charge on any atom is -0.391 e. The van der Waals surface area contributed by atoms with Crippen LogP contribution in [0.2, 0.25) is 0 Å².